The Morgan fingerprint density at radius 3 is 2.52 bits per heavy atom. The minimum atomic E-state index is -4.90. The van der Waals surface area contributed by atoms with E-state index < -0.39 is 35.0 Å². The van der Waals surface area contributed by atoms with E-state index in [2.05, 4.69) is 10.4 Å². The summed E-state index contributed by atoms with van der Waals surface area (Å²) in [5.41, 5.74) is -2.48. The van der Waals surface area contributed by atoms with E-state index >= 15 is 0 Å². The summed E-state index contributed by atoms with van der Waals surface area (Å²) in [5.74, 6) is -0.458. The van der Waals surface area contributed by atoms with Crippen LogP contribution in [0.2, 0.25) is 0 Å². The largest absolute Gasteiger partial charge is 0.497 e. The van der Waals surface area contributed by atoms with Crippen molar-refractivity contribution >= 4 is 11.7 Å². The van der Waals surface area contributed by atoms with Gasteiger partial charge in [0.15, 0.2) is 0 Å². The van der Waals surface area contributed by atoms with E-state index in [9.17, 15) is 22.8 Å². The lowest BCUT2D eigenvalue weighted by Gasteiger charge is -2.21. The van der Waals surface area contributed by atoms with Gasteiger partial charge in [-0.25, -0.2) is 4.68 Å². The number of nitrogens with one attached hydrogen (secondary N) is 1. The van der Waals surface area contributed by atoms with Gasteiger partial charge in [-0.15, -0.1) is 0 Å². The molecule has 1 aromatic carbocycles. The van der Waals surface area contributed by atoms with Crippen molar-refractivity contribution in [2.45, 2.75) is 38.5 Å². The quantitative estimate of drug-likeness (QED) is 0.515. The Hall–Kier alpha value is -3.08. The Balaban J connectivity index is 2.24. The van der Waals surface area contributed by atoms with Crippen LogP contribution in [0.3, 0.4) is 0 Å². The van der Waals surface area contributed by atoms with Crippen molar-refractivity contribution in [3.05, 3.63) is 51.9 Å². The van der Waals surface area contributed by atoms with E-state index in [0.717, 1.165) is 10.9 Å². The Bertz CT molecular complexity index is 929. The van der Waals surface area contributed by atoms with Crippen molar-refractivity contribution in [3.63, 3.8) is 0 Å². The van der Waals surface area contributed by atoms with Crippen LogP contribution in [0.15, 0.2) is 35.3 Å². The van der Waals surface area contributed by atoms with Gasteiger partial charge in [-0.05, 0) is 24.1 Å². The fourth-order valence-corrected chi connectivity index (χ4v) is 2.76. The van der Waals surface area contributed by atoms with Gasteiger partial charge in [0.25, 0.3) is 5.56 Å². The monoisotopic (exact) mass is 443 g/mol. The molecule has 2 rings (SSSR count). The van der Waals surface area contributed by atoms with Gasteiger partial charge in [0.05, 0.1) is 45.2 Å². The smallest absolute Gasteiger partial charge is 0.423 e. The van der Waals surface area contributed by atoms with Gasteiger partial charge < -0.3 is 19.9 Å². The number of carbonyl (C=O) groups is 1. The molecule has 2 N–H and O–H groups in total. The highest BCUT2D eigenvalue weighted by Gasteiger charge is 2.38. The maximum Gasteiger partial charge on any atom is 0.423 e. The normalized spacial score (nSPS) is 12.4. The first-order chi connectivity index (χ1) is 14.7. The maximum absolute atomic E-state index is 13.7. The first-order valence-electron chi connectivity index (χ1n) is 9.52. The maximum atomic E-state index is 13.7. The Kier molecular flexibility index (Phi) is 8.43. The van der Waals surface area contributed by atoms with Crippen LogP contribution in [0.5, 0.6) is 5.75 Å². The van der Waals surface area contributed by atoms with E-state index in [0.29, 0.717) is 17.7 Å². The van der Waals surface area contributed by atoms with Gasteiger partial charge in [0, 0.05) is 6.04 Å². The van der Waals surface area contributed by atoms with Crippen molar-refractivity contribution in [1.82, 2.24) is 9.78 Å². The fourth-order valence-electron chi connectivity index (χ4n) is 2.76. The van der Waals surface area contributed by atoms with Crippen LogP contribution in [0.1, 0.15) is 30.9 Å². The number of aromatic nitrogens is 2. The number of methoxy groups -OCH3 is 1. The van der Waals surface area contributed by atoms with Crippen LogP contribution in [-0.4, -0.2) is 47.2 Å². The minimum absolute atomic E-state index is 0.0178. The number of benzene rings is 1. The highest BCUT2D eigenvalue weighted by Crippen LogP contribution is 2.32. The average Bonchev–Trinajstić information content (AvgIpc) is 2.71. The summed E-state index contributed by atoms with van der Waals surface area (Å²) in [4.78, 5) is 23.1. The van der Waals surface area contributed by atoms with Gasteiger partial charge >= 0.3 is 12.1 Å². The molecule has 0 aliphatic heterocycles. The van der Waals surface area contributed by atoms with Crippen molar-refractivity contribution in [2.75, 3.05) is 25.6 Å². The summed E-state index contributed by atoms with van der Waals surface area (Å²) in [7, 11) is 1.49. The zero-order valence-corrected chi connectivity index (χ0v) is 17.1. The zero-order chi connectivity index (χ0) is 23.0. The number of halogens is 3. The molecular weight excluding hydrogens is 419 g/mol. The zero-order valence-electron chi connectivity index (χ0n) is 17.1. The third kappa shape index (κ3) is 6.99. The molecule has 1 aromatic heterocycles. The van der Waals surface area contributed by atoms with Crippen molar-refractivity contribution < 1.29 is 32.5 Å². The number of hydrogen-bond donors (Lipinski definition) is 2. The van der Waals surface area contributed by atoms with Crippen molar-refractivity contribution in [3.8, 4) is 5.75 Å². The molecule has 0 spiro atoms. The predicted octanol–water partition coefficient (Wildman–Crippen LogP) is 3.00. The first-order valence-corrected chi connectivity index (χ1v) is 9.52. The average molecular weight is 443 g/mol. The number of hydrogen-bond acceptors (Lipinski definition) is 6. The second kappa shape index (κ2) is 10.8. The summed E-state index contributed by atoms with van der Waals surface area (Å²) in [6, 6.07) is 5.98. The molecule has 1 heterocycles. The number of rotatable bonds is 11. The highest BCUT2D eigenvalue weighted by molar-refractivity contribution is 5.66. The number of aliphatic carboxylic acids is 1. The number of nitrogens with zero attached hydrogens (tertiary/aromatic N) is 2. The number of carboxylic acids is 1. The molecule has 0 saturated carbocycles. The van der Waals surface area contributed by atoms with Crippen LogP contribution >= 0.6 is 0 Å². The lowest BCUT2D eigenvalue weighted by molar-refractivity contribution is -0.139. The highest BCUT2D eigenvalue weighted by atomic mass is 19.4. The number of anilines is 1. The van der Waals surface area contributed by atoms with E-state index in [1.807, 2.05) is 0 Å². The van der Waals surface area contributed by atoms with E-state index in [-0.39, 0.29) is 26.2 Å². The fraction of sp³-hybridized carbons (Fsp3) is 0.450. The van der Waals surface area contributed by atoms with E-state index in [1.54, 1.807) is 31.2 Å². The number of alkyl halides is 3. The summed E-state index contributed by atoms with van der Waals surface area (Å²) >= 11 is 0. The number of carboxylic acid groups (broad SMARTS) is 1. The van der Waals surface area contributed by atoms with Gasteiger partial charge in [0.1, 0.15) is 11.3 Å². The topological polar surface area (TPSA) is 103 Å². The SMILES string of the molecule is CCC(COCCC(=O)O)Nc1cnn(Cc2ccc(OC)cc2)c(=O)c1C(F)(F)F. The van der Waals surface area contributed by atoms with Gasteiger partial charge in [-0.1, -0.05) is 19.1 Å². The molecule has 0 amide bonds. The van der Waals surface area contributed by atoms with E-state index in [4.69, 9.17) is 14.6 Å². The molecule has 0 bridgehead atoms. The standard InChI is InChI=1S/C20H24F3N3O5/c1-3-14(12-31-9-8-17(27)28)25-16-10-24-26(19(29)18(16)20(21,22)23)11-13-4-6-15(30-2)7-5-13/h4-7,10,14,25H,3,8-9,11-12H2,1-2H3,(H,27,28). The minimum Gasteiger partial charge on any atom is -0.497 e. The Morgan fingerprint density at radius 1 is 1.29 bits per heavy atom. The molecule has 0 radical (unpaired) electrons. The Labute approximate surface area is 176 Å². The molecule has 31 heavy (non-hydrogen) atoms. The molecule has 170 valence electrons. The lowest BCUT2D eigenvalue weighted by Crippen LogP contribution is -2.34. The van der Waals surface area contributed by atoms with Gasteiger partial charge in [0.2, 0.25) is 0 Å². The van der Waals surface area contributed by atoms with Crippen molar-refractivity contribution in [1.29, 1.82) is 0 Å². The molecule has 2 aromatic rings. The third-order valence-corrected chi connectivity index (χ3v) is 4.45. The van der Waals surface area contributed by atoms with Crippen LogP contribution in [-0.2, 0) is 22.3 Å². The van der Waals surface area contributed by atoms with Crippen LogP contribution in [0, 0.1) is 0 Å². The molecule has 1 unspecified atom stereocenters. The lowest BCUT2D eigenvalue weighted by atomic mass is 10.1. The second-order valence-corrected chi connectivity index (χ2v) is 6.71. The van der Waals surface area contributed by atoms with Gasteiger partial charge in [-0.2, -0.15) is 18.3 Å². The summed E-state index contributed by atoms with van der Waals surface area (Å²) in [6.45, 7) is 1.50. The first kappa shape index (κ1) is 24.2. The van der Waals surface area contributed by atoms with Crippen LogP contribution < -0.4 is 15.6 Å². The summed E-state index contributed by atoms with van der Waals surface area (Å²) < 4.78 is 52.0. The Morgan fingerprint density at radius 2 is 1.97 bits per heavy atom. The summed E-state index contributed by atoms with van der Waals surface area (Å²) in [6.07, 6.45) is -3.76. The second-order valence-electron chi connectivity index (χ2n) is 6.71. The van der Waals surface area contributed by atoms with Crippen LogP contribution in [0.4, 0.5) is 18.9 Å². The van der Waals surface area contributed by atoms with E-state index in [1.165, 1.54) is 7.11 Å². The molecular formula is C20H24F3N3O5. The summed E-state index contributed by atoms with van der Waals surface area (Å²) in [5, 5.41) is 15.2. The molecule has 0 fully saturated rings. The molecule has 11 heteroatoms. The van der Waals surface area contributed by atoms with Crippen LogP contribution in [0.25, 0.3) is 0 Å². The molecule has 8 nitrogen and oxygen atoms in total. The molecule has 0 saturated heterocycles. The van der Waals surface area contributed by atoms with Crippen molar-refractivity contribution in [2.24, 2.45) is 0 Å². The molecule has 0 aliphatic rings. The molecule has 0 aliphatic carbocycles. The molecule has 1 atom stereocenters. The predicted molar refractivity (Wildman–Crippen MR) is 106 cm³/mol. The van der Waals surface area contributed by atoms with Gasteiger partial charge in [-0.3, -0.25) is 9.59 Å². The third-order valence-electron chi connectivity index (χ3n) is 4.45. The number of ether oxygens (including phenoxy) is 2.